The number of pyridine rings is 1. The van der Waals surface area contributed by atoms with Crippen molar-refractivity contribution in [2.45, 2.75) is 29.8 Å². The van der Waals surface area contributed by atoms with Crippen LogP contribution in [0.2, 0.25) is 0 Å². The molecule has 4 heterocycles. The van der Waals surface area contributed by atoms with Crippen molar-refractivity contribution in [3.05, 3.63) is 61.1 Å². The molecule has 0 atom stereocenters. The number of sulfonamides is 1. The van der Waals surface area contributed by atoms with Crippen LogP contribution in [0, 0.1) is 0 Å². The number of amides is 1. The van der Waals surface area contributed by atoms with Crippen molar-refractivity contribution < 1.29 is 13.2 Å². The van der Waals surface area contributed by atoms with Crippen LogP contribution in [0.25, 0.3) is 22.2 Å². The second kappa shape index (κ2) is 7.53. The summed E-state index contributed by atoms with van der Waals surface area (Å²) >= 11 is 0. The van der Waals surface area contributed by atoms with Gasteiger partial charge >= 0.3 is 0 Å². The first-order valence-electron chi connectivity index (χ1n) is 10.9. The van der Waals surface area contributed by atoms with Gasteiger partial charge in [0.1, 0.15) is 11.5 Å². The molecule has 1 N–H and O–H groups in total. The number of carbonyl (C=O) groups excluding carboxylic acids is 1. The molecular weight excluding hydrogens is 440 g/mol. The fourth-order valence-electron chi connectivity index (χ4n) is 4.27. The van der Waals surface area contributed by atoms with Gasteiger partial charge in [-0.1, -0.05) is 18.2 Å². The van der Waals surface area contributed by atoms with Gasteiger partial charge in [0.05, 0.1) is 17.1 Å². The van der Waals surface area contributed by atoms with Gasteiger partial charge in [0.2, 0.25) is 16.4 Å². The van der Waals surface area contributed by atoms with E-state index in [1.807, 2.05) is 29.2 Å². The Balaban J connectivity index is 1.27. The van der Waals surface area contributed by atoms with Crippen molar-refractivity contribution >= 4 is 33.3 Å². The van der Waals surface area contributed by atoms with Crippen molar-refractivity contribution in [3.8, 4) is 11.1 Å². The number of carbonyl (C=O) groups is 1. The van der Waals surface area contributed by atoms with E-state index in [0.29, 0.717) is 29.5 Å². The summed E-state index contributed by atoms with van der Waals surface area (Å²) in [6, 6.07) is 12.5. The largest absolute Gasteiger partial charge is 0.346 e. The standard InChI is InChI=1S/C23H22N6O3S/c30-15-28(17-6-7-17)22-10-21(20-8-9-24-23(20)26-22)16-11-25-29(12-16)18-13-27(14-18)33(31,32)19-4-2-1-3-5-19/h1-5,8-12,15,17-18H,6-7,13-14H2,(H,24,26). The third kappa shape index (κ3) is 3.42. The third-order valence-corrected chi connectivity index (χ3v) is 8.18. The molecule has 4 aromatic rings. The minimum atomic E-state index is -3.49. The lowest BCUT2D eigenvalue weighted by atomic mass is 10.1. The van der Waals surface area contributed by atoms with Crippen molar-refractivity contribution in [3.63, 3.8) is 0 Å². The number of H-pyrrole nitrogens is 1. The number of aromatic amines is 1. The summed E-state index contributed by atoms with van der Waals surface area (Å²) in [7, 11) is -3.49. The van der Waals surface area contributed by atoms with Crippen LogP contribution in [0.3, 0.4) is 0 Å². The van der Waals surface area contributed by atoms with E-state index >= 15 is 0 Å². The molecule has 1 aromatic carbocycles. The summed E-state index contributed by atoms with van der Waals surface area (Å²) in [4.78, 5) is 21.4. The molecule has 1 aliphatic carbocycles. The number of fused-ring (bicyclic) bond motifs is 1. The van der Waals surface area contributed by atoms with Crippen LogP contribution >= 0.6 is 0 Å². The van der Waals surface area contributed by atoms with Gasteiger partial charge in [-0.05, 0) is 42.7 Å². The average molecular weight is 463 g/mol. The quantitative estimate of drug-likeness (QED) is 0.425. The molecule has 33 heavy (non-hydrogen) atoms. The molecule has 6 rings (SSSR count). The van der Waals surface area contributed by atoms with Gasteiger partial charge in [-0.25, -0.2) is 13.4 Å². The number of nitrogens with zero attached hydrogens (tertiary/aromatic N) is 5. The number of aromatic nitrogens is 4. The lowest BCUT2D eigenvalue weighted by Gasteiger charge is -2.37. The van der Waals surface area contributed by atoms with Crippen LogP contribution in [0.1, 0.15) is 18.9 Å². The topological polar surface area (TPSA) is 104 Å². The van der Waals surface area contributed by atoms with Gasteiger partial charge in [-0.2, -0.15) is 9.40 Å². The number of nitrogens with one attached hydrogen (secondary N) is 1. The molecule has 0 radical (unpaired) electrons. The molecule has 1 aliphatic heterocycles. The maximum Gasteiger partial charge on any atom is 0.243 e. The minimum absolute atomic E-state index is 0.0294. The highest BCUT2D eigenvalue weighted by Crippen LogP contribution is 2.36. The normalized spacial score (nSPS) is 17.2. The van der Waals surface area contributed by atoms with E-state index in [1.54, 1.807) is 41.4 Å². The van der Waals surface area contributed by atoms with Crippen LogP contribution in [0.5, 0.6) is 0 Å². The molecule has 3 aromatic heterocycles. The Hall–Kier alpha value is -3.50. The summed E-state index contributed by atoms with van der Waals surface area (Å²) in [5.41, 5.74) is 2.55. The zero-order valence-electron chi connectivity index (χ0n) is 17.7. The van der Waals surface area contributed by atoms with Gasteiger partial charge in [0.25, 0.3) is 0 Å². The molecule has 2 fully saturated rings. The number of hydrogen-bond acceptors (Lipinski definition) is 5. The molecule has 0 unspecified atom stereocenters. The highest BCUT2D eigenvalue weighted by atomic mass is 32.2. The molecule has 9 nitrogen and oxygen atoms in total. The SMILES string of the molecule is O=CN(c1cc(-c2cnn(C3CN(S(=O)(=O)c4ccccc4)C3)c2)c2cc[nH]c2n1)C1CC1. The van der Waals surface area contributed by atoms with Crippen LogP contribution in [-0.4, -0.2) is 58.0 Å². The van der Waals surface area contributed by atoms with Crippen molar-refractivity contribution in [2.24, 2.45) is 0 Å². The van der Waals surface area contributed by atoms with Gasteiger partial charge in [0, 0.05) is 42.5 Å². The first-order chi connectivity index (χ1) is 16.0. The Morgan fingerprint density at radius 1 is 1.12 bits per heavy atom. The predicted octanol–water partition coefficient (Wildman–Crippen LogP) is 2.80. The lowest BCUT2D eigenvalue weighted by Crippen LogP contribution is -2.50. The zero-order chi connectivity index (χ0) is 22.6. The van der Waals surface area contributed by atoms with Gasteiger partial charge in [-0.3, -0.25) is 14.4 Å². The molecule has 2 aliphatic rings. The molecule has 1 saturated heterocycles. The van der Waals surface area contributed by atoms with E-state index in [1.165, 1.54) is 4.31 Å². The van der Waals surface area contributed by atoms with Crippen LogP contribution in [-0.2, 0) is 14.8 Å². The van der Waals surface area contributed by atoms with E-state index in [-0.39, 0.29) is 12.1 Å². The van der Waals surface area contributed by atoms with Crippen LogP contribution in [0.15, 0.2) is 66.0 Å². The Morgan fingerprint density at radius 2 is 1.91 bits per heavy atom. The molecule has 10 heteroatoms. The summed E-state index contributed by atoms with van der Waals surface area (Å²) in [6.07, 6.45) is 8.36. The number of hydrogen-bond donors (Lipinski definition) is 1. The predicted molar refractivity (Wildman–Crippen MR) is 123 cm³/mol. The number of rotatable bonds is 7. The summed E-state index contributed by atoms with van der Waals surface area (Å²) in [5.74, 6) is 0.619. The molecular formula is C23H22N6O3S. The average Bonchev–Trinajstić information content (AvgIpc) is 3.30. The zero-order valence-corrected chi connectivity index (χ0v) is 18.5. The maximum atomic E-state index is 12.8. The Labute approximate surface area is 190 Å². The Bertz CT molecular complexity index is 1440. The smallest absolute Gasteiger partial charge is 0.243 e. The Morgan fingerprint density at radius 3 is 2.64 bits per heavy atom. The monoisotopic (exact) mass is 462 g/mol. The fraction of sp³-hybridized carbons (Fsp3) is 0.261. The lowest BCUT2D eigenvalue weighted by molar-refractivity contribution is -0.107. The summed E-state index contributed by atoms with van der Waals surface area (Å²) in [5, 5.41) is 5.46. The van der Waals surface area contributed by atoms with Crippen molar-refractivity contribution in [2.75, 3.05) is 18.0 Å². The third-order valence-electron chi connectivity index (χ3n) is 6.33. The van der Waals surface area contributed by atoms with E-state index in [9.17, 15) is 13.2 Å². The molecule has 168 valence electrons. The fourth-order valence-corrected chi connectivity index (χ4v) is 5.81. The minimum Gasteiger partial charge on any atom is -0.346 e. The maximum absolute atomic E-state index is 12.8. The van der Waals surface area contributed by atoms with Gasteiger partial charge < -0.3 is 4.98 Å². The molecule has 1 amide bonds. The summed E-state index contributed by atoms with van der Waals surface area (Å²) < 4.78 is 28.9. The van der Waals surface area contributed by atoms with Crippen molar-refractivity contribution in [1.29, 1.82) is 0 Å². The van der Waals surface area contributed by atoms with E-state index in [4.69, 9.17) is 0 Å². The van der Waals surface area contributed by atoms with Crippen LogP contribution < -0.4 is 4.90 Å². The van der Waals surface area contributed by atoms with Crippen molar-refractivity contribution in [1.82, 2.24) is 24.1 Å². The first-order valence-corrected chi connectivity index (χ1v) is 12.3. The number of benzene rings is 1. The second-order valence-corrected chi connectivity index (χ2v) is 10.4. The van der Waals surface area contributed by atoms with E-state index in [0.717, 1.165) is 35.8 Å². The van der Waals surface area contributed by atoms with E-state index < -0.39 is 10.0 Å². The summed E-state index contributed by atoms with van der Waals surface area (Å²) in [6.45, 7) is 0.750. The first kappa shape index (κ1) is 20.1. The second-order valence-electron chi connectivity index (χ2n) is 8.51. The molecule has 1 saturated carbocycles. The van der Waals surface area contributed by atoms with Gasteiger partial charge in [0.15, 0.2) is 0 Å². The highest BCUT2D eigenvalue weighted by Gasteiger charge is 2.38. The van der Waals surface area contributed by atoms with Crippen LogP contribution in [0.4, 0.5) is 5.82 Å². The van der Waals surface area contributed by atoms with Gasteiger partial charge in [-0.15, -0.1) is 0 Å². The molecule has 0 spiro atoms. The number of anilines is 1. The highest BCUT2D eigenvalue weighted by molar-refractivity contribution is 7.89. The molecule has 0 bridgehead atoms. The Kier molecular flexibility index (Phi) is 4.59. The van der Waals surface area contributed by atoms with E-state index in [2.05, 4.69) is 15.1 Å².